The van der Waals surface area contributed by atoms with Crippen LogP contribution in [0.2, 0.25) is 0 Å². The van der Waals surface area contributed by atoms with Crippen LogP contribution in [0, 0.1) is 11.3 Å². The summed E-state index contributed by atoms with van der Waals surface area (Å²) in [5.74, 6) is 0.176. The molecule has 3 saturated heterocycles. The molecular formula is C31H44N4O4. The van der Waals surface area contributed by atoms with Crippen LogP contribution in [-0.2, 0) is 25.5 Å². The highest BCUT2D eigenvalue weighted by Crippen LogP contribution is 2.36. The van der Waals surface area contributed by atoms with Crippen molar-refractivity contribution in [3.63, 3.8) is 0 Å². The predicted octanol–water partition coefficient (Wildman–Crippen LogP) is 2.68. The smallest absolute Gasteiger partial charge is 0.243 e. The van der Waals surface area contributed by atoms with Gasteiger partial charge in [-0.3, -0.25) is 14.4 Å². The van der Waals surface area contributed by atoms with Gasteiger partial charge in [0.05, 0.1) is 5.41 Å². The number of carbonyl (C=O) groups excluding carboxylic acids is 3. The summed E-state index contributed by atoms with van der Waals surface area (Å²) in [7, 11) is 0. The summed E-state index contributed by atoms with van der Waals surface area (Å²) in [5, 5.41) is 6.45. The van der Waals surface area contributed by atoms with Gasteiger partial charge in [0.1, 0.15) is 6.04 Å². The molecule has 0 bridgehead atoms. The molecule has 3 amide bonds. The van der Waals surface area contributed by atoms with Crippen LogP contribution in [0.5, 0.6) is 0 Å². The van der Waals surface area contributed by atoms with Crippen molar-refractivity contribution in [3.05, 3.63) is 48.0 Å². The largest absolute Gasteiger partial charge is 0.381 e. The number of benzene rings is 1. The molecule has 5 rings (SSSR count). The third-order valence-corrected chi connectivity index (χ3v) is 9.21. The Labute approximate surface area is 232 Å². The molecule has 1 aromatic rings. The van der Waals surface area contributed by atoms with E-state index in [-0.39, 0.29) is 29.7 Å². The molecular weight excluding hydrogens is 492 g/mol. The Morgan fingerprint density at radius 3 is 2.54 bits per heavy atom. The van der Waals surface area contributed by atoms with E-state index in [9.17, 15) is 14.4 Å². The number of rotatable bonds is 5. The zero-order valence-corrected chi connectivity index (χ0v) is 23.1. The van der Waals surface area contributed by atoms with E-state index < -0.39 is 11.5 Å². The summed E-state index contributed by atoms with van der Waals surface area (Å²) in [6.07, 6.45) is 11.2. The van der Waals surface area contributed by atoms with Crippen molar-refractivity contribution in [2.45, 2.75) is 69.9 Å². The number of fused-ring (bicyclic) bond motifs is 1. The van der Waals surface area contributed by atoms with Gasteiger partial charge >= 0.3 is 0 Å². The third-order valence-electron chi connectivity index (χ3n) is 9.21. The lowest BCUT2D eigenvalue weighted by Gasteiger charge is -2.40. The molecule has 0 saturated carbocycles. The third kappa shape index (κ3) is 7.09. The normalized spacial score (nSPS) is 29.0. The quantitative estimate of drug-likeness (QED) is 0.565. The predicted molar refractivity (Wildman–Crippen MR) is 150 cm³/mol. The number of carbonyl (C=O) groups is 3. The fourth-order valence-electron chi connectivity index (χ4n) is 6.63. The zero-order valence-electron chi connectivity index (χ0n) is 23.1. The average molecular weight is 537 g/mol. The van der Waals surface area contributed by atoms with Crippen LogP contribution >= 0.6 is 0 Å². The topological polar surface area (TPSA) is 91.0 Å². The van der Waals surface area contributed by atoms with Crippen LogP contribution in [0.15, 0.2) is 42.5 Å². The van der Waals surface area contributed by atoms with Crippen molar-refractivity contribution in [1.82, 2.24) is 20.4 Å². The van der Waals surface area contributed by atoms with Crippen LogP contribution in [0.25, 0.3) is 0 Å². The molecule has 4 heterocycles. The molecule has 0 aromatic heterocycles. The second kappa shape index (κ2) is 13.1. The minimum absolute atomic E-state index is 0.0311. The zero-order chi connectivity index (χ0) is 27.1. The van der Waals surface area contributed by atoms with Gasteiger partial charge in [-0.25, -0.2) is 0 Å². The number of ether oxygens (including phenoxy) is 1. The first-order chi connectivity index (χ1) is 19.0. The maximum absolute atomic E-state index is 13.7. The molecule has 3 fully saturated rings. The SMILES string of the molecule is O=C1N[C@H]2CCN(C(=O)CCN3CCCC3)C[C@H]2C/C=C/CC2(CCOCC2)C(=O)N[C@@H]1Cc1ccccc1. The van der Waals surface area contributed by atoms with Gasteiger partial charge in [-0.15, -0.1) is 0 Å². The lowest BCUT2D eigenvalue weighted by Crippen LogP contribution is -2.58. The summed E-state index contributed by atoms with van der Waals surface area (Å²) in [6.45, 7) is 5.45. The van der Waals surface area contributed by atoms with Crippen LogP contribution < -0.4 is 10.6 Å². The van der Waals surface area contributed by atoms with E-state index in [1.165, 1.54) is 12.8 Å². The number of amides is 3. The van der Waals surface area contributed by atoms with E-state index in [2.05, 4.69) is 27.7 Å². The van der Waals surface area contributed by atoms with E-state index in [1.807, 2.05) is 35.2 Å². The van der Waals surface area contributed by atoms with Crippen molar-refractivity contribution >= 4 is 17.7 Å². The van der Waals surface area contributed by atoms with Gasteiger partial charge < -0.3 is 25.2 Å². The van der Waals surface area contributed by atoms with Gasteiger partial charge in [0.2, 0.25) is 17.7 Å². The maximum Gasteiger partial charge on any atom is 0.243 e. The van der Waals surface area contributed by atoms with E-state index in [1.54, 1.807) is 0 Å². The molecule has 1 spiro atoms. The van der Waals surface area contributed by atoms with Crippen molar-refractivity contribution < 1.29 is 19.1 Å². The van der Waals surface area contributed by atoms with Gasteiger partial charge in [0.15, 0.2) is 0 Å². The molecule has 1 aromatic carbocycles. The van der Waals surface area contributed by atoms with Crippen LogP contribution in [0.4, 0.5) is 0 Å². The van der Waals surface area contributed by atoms with Crippen LogP contribution in [0.3, 0.4) is 0 Å². The van der Waals surface area contributed by atoms with Crippen molar-refractivity contribution in [1.29, 1.82) is 0 Å². The average Bonchev–Trinajstić information content (AvgIpc) is 3.49. The van der Waals surface area contributed by atoms with Gasteiger partial charge in [-0.2, -0.15) is 0 Å². The lowest BCUT2D eigenvalue weighted by atomic mass is 9.75. The summed E-state index contributed by atoms with van der Waals surface area (Å²) in [5.41, 5.74) is 0.452. The van der Waals surface area contributed by atoms with Crippen molar-refractivity contribution in [2.75, 3.05) is 45.9 Å². The monoisotopic (exact) mass is 536 g/mol. The summed E-state index contributed by atoms with van der Waals surface area (Å²) in [4.78, 5) is 44.9. The molecule has 8 nitrogen and oxygen atoms in total. The first kappa shape index (κ1) is 27.8. The highest BCUT2D eigenvalue weighted by Gasteiger charge is 2.41. The Morgan fingerprint density at radius 2 is 1.77 bits per heavy atom. The standard InChI is InChI=1S/C31H44N4O4/c36-28(12-18-34-16-6-7-17-34)35-19-11-26-25(23-35)10-4-5-13-31(14-20-39-21-15-31)30(38)33-27(29(37)32-26)22-24-8-2-1-3-9-24/h1-5,8-9,25-27H,6-7,10-23H2,(H,32,37)(H,33,38)/b5-4+/t25-,26+,27-/m1/s1. The Bertz CT molecular complexity index is 1020. The number of piperidine rings is 1. The molecule has 0 unspecified atom stereocenters. The van der Waals surface area contributed by atoms with E-state index in [0.29, 0.717) is 58.4 Å². The van der Waals surface area contributed by atoms with Gasteiger partial charge in [-0.05, 0) is 63.6 Å². The highest BCUT2D eigenvalue weighted by molar-refractivity contribution is 5.90. The van der Waals surface area contributed by atoms with Crippen molar-refractivity contribution in [2.24, 2.45) is 11.3 Å². The molecule has 2 N–H and O–H groups in total. The van der Waals surface area contributed by atoms with E-state index >= 15 is 0 Å². The fraction of sp³-hybridized carbons (Fsp3) is 0.645. The minimum Gasteiger partial charge on any atom is -0.381 e. The number of allylic oxidation sites excluding steroid dienone is 2. The molecule has 0 radical (unpaired) electrons. The second-order valence-corrected chi connectivity index (χ2v) is 11.8. The van der Waals surface area contributed by atoms with Crippen LogP contribution in [-0.4, -0.2) is 85.5 Å². The molecule has 39 heavy (non-hydrogen) atoms. The Hall–Kier alpha value is -2.71. The Kier molecular flexibility index (Phi) is 9.35. The summed E-state index contributed by atoms with van der Waals surface area (Å²) >= 11 is 0. The number of nitrogens with zero attached hydrogens (tertiary/aromatic N) is 2. The Balaban J connectivity index is 1.32. The molecule has 4 aliphatic rings. The summed E-state index contributed by atoms with van der Waals surface area (Å²) in [6, 6.07) is 9.19. The summed E-state index contributed by atoms with van der Waals surface area (Å²) < 4.78 is 5.60. The number of nitrogens with one attached hydrogen (secondary N) is 2. The Morgan fingerprint density at radius 1 is 1.00 bits per heavy atom. The lowest BCUT2D eigenvalue weighted by molar-refractivity contribution is -0.140. The van der Waals surface area contributed by atoms with E-state index in [4.69, 9.17) is 4.74 Å². The van der Waals surface area contributed by atoms with Gasteiger partial charge in [0, 0.05) is 57.6 Å². The number of likely N-dealkylation sites (tertiary alicyclic amines) is 2. The fourth-order valence-corrected chi connectivity index (χ4v) is 6.63. The molecule has 3 atom stereocenters. The van der Waals surface area contributed by atoms with Crippen LogP contribution in [0.1, 0.15) is 56.9 Å². The van der Waals surface area contributed by atoms with Crippen molar-refractivity contribution in [3.8, 4) is 0 Å². The second-order valence-electron chi connectivity index (χ2n) is 11.8. The number of hydrogen-bond donors (Lipinski definition) is 2. The first-order valence-corrected chi connectivity index (χ1v) is 14.9. The van der Waals surface area contributed by atoms with Gasteiger partial charge in [-0.1, -0.05) is 42.5 Å². The maximum atomic E-state index is 13.7. The molecule has 8 heteroatoms. The minimum atomic E-state index is -0.649. The molecule has 212 valence electrons. The van der Waals surface area contributed by atoms with Gasteiger partial charge in [0.25, 0.3) is 0 Å². The number of hydrogen-bond acceptors (Lipinski definition) is 5. The highest BCUT2D eigenvalue weighted by atomic mass is 16.5. The molecule has 0 aliphatic carbocycles. The first-order valence-electron chi connectivity index (χ1n) is 14.9. The van der Waals surface area contributed by atoms with E-state index in [0.717, 1.165) is 38.0 Å². The molecule has 4 aliphatic heterocycles.